The van der Waals surface area contributed by atoms with Crippen molar-refractivity contribution in [3.63, 3.8) is 0 Å². The fraction of sp³-hybridized carbons (Fsp3) is 0.250. The summed E-state index contributed by atoms with van der Waals surface area (Å²) in [5.74, 6) is -0.422. The van der Waals surface area contributed by atoms with E-state index < -0.39 is 17.2 Å². The first-order valence-corrected chi connectivity index (χ1v) is 8.81. The van der Waals surface area contributed by atoms with Gasteiger partial charge in [0.1, 0.15) is 0 Å². The SMILES string of the molecule is CCOc1cc2[nH]c(=O)n(Cc3ccc(C(=O)[O-])cc3)c(=O)c2cc1OCC. The molecule has 146 valence electrons. The van der Waals surface area contributed by atoms with Gasteiger partial charge < -0.3 is 24.4 Å². The third-order valence-corrected chi connectivity index (χ3v) is 4.18. The van der Waals surface area contributed by atoms with Gasteiger partial charge in [0.15, 0.2) is 11.5 Å². The Morgan fingerprint density at radius 3 is 2.21 bits per heavy atom. The molecule has 0 saturated carbocycles. The minimum absolute atomic E-state index is 0.00534. The molecule has 28 heavy (non-hydrogen) atoms. The predicted molar refractivity (Wildman–Crippen MR) is 101 cm³/mol. The number of carboxylic acids is 1. The highest BCUT2D eigenvalue weighted by atomic mass is 16.5. The van der Waals surface area contributed by atoms with E-state index in [1.54, 1.807) is 12.1 Å². The standard InChI is InChI=1S/C20H20N2O6/c1-3-27-16-9-14-15(10-17(16)28-4-2)21-20(26)22(18(14)23)11-12-5-7-13(8-6-12)19(24)25/h5-10H,3-4,11H2,1-2H3,(H,21,26)(H,24,25)/p-1. The van der Waals surface area contributed by atoms with E-state index in [1.165, 1.54) is 24.3 Å². The van der Waals surface area contributed by atoms with E-state index in [2.05, 4.69) is 4.98 Å². The van der Waals surface area contributed by atoms with Crippen LogP contribution in [0.25, 0.3) is 10.9 Å². The first-order chi connectivity index (χ1) is 13.4. The summed E-state index contributed by atoms with van der Waals surface area (Å²) in [4.78, 5) is 38.9. The highest BCUT2D eigenvalue weighted by Crippen LogP contribution is 2.30. The molecule has 0 aliphatic heterocycles. The van der Waals surface area contributed by atoms with Crippen molar-refractivity contribution < 1.29 is 19.4 Å². The topological polar surface area (TPSA) is 113 Å². The largest absolute Gasteiger partial charge is 0.545 e. The lowest BCUT2D eigenvalue weighted by atomic mass is 10.1. The number of rotatable bonds is 7. The van der Waals surface area contributed by atoms with Crippen molar-refractivity contribution in [1.29, 1.82) is 0 Å². The van der Waals surface area contributed by atoms with Crippen LogP contribution in [0, 0.1) is 0 Å². The van der Waals surface area contributed by atoms with E-state index in [0.29, 0.717) is 35.8 Å². The second-order valence-corrected chi connectivity index (χ2v) is 6.02. The summed E-state index contributed by atoms with van der Waals surface area (Å²) in [5, 5.41) is 11.1. The minimum Gasteiger partial charge on any atom is -0.545 e. The van der Waals surface area contributed by atoms with E-state index in [4.69, 9.17) is 9.47 Å². The fourth-order valence-corrected chi connectivity index (χ4v) is 2.87. The molecule has 8 nitrogen and oxygen atoms in total. The zero-order valence-corrected chi connectivity index (χ0v) is 15.5. The van der Waals surface area contributed by atoms with Crippen LogP contribution in [0.4, 0.5) is 0 Å². The molecule has 0 spiro atoms. The number of nitrogens with zero attached hydrogens (tertiary/aromatic N) is 1. The third kappa shape index (κ3) is 3.75. The maximum atomic E-state index is 12.9. The second-order valence-electron chi connectivity index (χ2n) is 6.02. The van der Waals surface area contributed by atoms with Crippen LogP contribution in [0.3, 0.4) is 0 Å². The number of benzene rings is 2. The van der Waals surface area contributed by atoms with Gasteiger partial charge in [0, 0.05) is 6.07 Å². The first kappa shape index (κ1) is 19.2. The quantitative estimate of drug-likeness (QED) is 0.648. The highest BCUT2D eigenvalue weighted by molar-refractivity contribution is 5.85. The van der Waals surface area contributed by atoms with Crippen LogP contribution >= 0.6 is 0 Å². The number of H-pyrrole nitrogens is 1. The molecule has 3 aromatic rings. The normalized spacial score (nSPS) is 10.8. The van der Waals surface area contributed by atoms with Gasteiger partial charge in [-0.25, -0.2) is 4.79 Å². The number of nitrogens with one attached hydrogen (secondary N) is 1. The summed E-state index contributed by atoms with van der Waals surface area (Å²) < 4.78 is 12.1. The molecular formula is C20H19N2O6-. The lowest BCUT2D eigenvalue weighted by Gasteiger charge is -2.13. The predicted octanol–water partition coefficient (Wildman–Crippen LogP) is 0.899. The molecule has 1 N–H and O–H groups in total. The molecule has 8 heteroatoms. The number of aromatic nitrogens is 2. The Bertz CT molecular complexity index is 1130. The zero-order chi connectivity index (χ0) is 20.3. The number of hydrogen-bond donors (Lipinski definition) is 1. The number of carbonyl (C=O) groups excluding carboxylic acids is 1. The van der Waals surface area contributed by atoms with Crippen LogP contribution in [0.15, 0.2) is 46.0 Å². The van der Waals surface area contributed by atoms with Crippen molar-refractivity contribution in [2.24, 2.45) is 0 Å². The number of fused-ring (bicyclic) bond motifs is 1. The Labute approximate surface area is 160 Å². The van der Waals surface area contributed by atoms with Crippen molar-refractivity contribution in [2.75, 3.05) is 13.2 Å². The Kier molecular flexibility index (Phi) is 5.49. The van der Waals surface area contributed by atoms with E-state index >= 15 is 0 Å². The van der Waals surface area contributed by atoms with Gasteiger partial charge in [-0.1, -0.05) is 24.3 Å². The Morgan fingerprint density at radius 2 is 1.64 bits per heavy atom. The fourth-order valence-electron chi connectivity index (χ4n) is 2.87. The molecular weight excluding hydrogens is 364 g/mol. The number of ether oxygens (including phenoxy) is 2. The Balaban J connectivity index is 2.08. The summed E-state index contributed by atoms with van der Waals surface area (Å²) in [6, 6.07) is 8.93. The maximum Gasteiger partial charge on any atom is 0.329 e. The molecule has 0 saturated heterocycles. The van der Waals surface area contributed by atoms with Gasteiger partial charge in [0.2, 0.25) is 0 Å². The van der Waals surface area contributed by atoms with Gasteiger partial charge in [0.25, 0.3) is 5.56 Å². The van der Waals surface area contributed by atoms with Gasteiger partial charge in [0.05, 0.1) is 36.6 Å². The molecule has 3 rings (SSSR count). The summed E-state index contributed by atoms with van der Waals surface area (Å²) in [5.41, 5.74) is -0.0773. The third-order valence-electron chi connectivity index (χ3n) is 4.18. The molecule has 0 radical (unpaired) electrons. The van der Waals surface area contributed by atoms with Crippen LogP contribution in [0.1, 0.15) is 29.8 Å². The molecule has 0 aliphatic carbocycles. The van der Waals surface area contributed by atoms with Crippen LogP contribution in [-0.4, -0.2) is 28.7 Å². The molecule has 0 aliphatic rings. The monoisotopic (exact) mass is 383 g/mol. The summed E-state index contributed by atoms with van der Waals surface area (Å²) >= 11 is 0. The summed E-state index contributed by atoms with van der Waals surface area (Å²) in [6.07, 6.45) is 0. The van der Waals surface area contributed by atoms with Crippen molar-refractivity contribution in [3.05, 3.63) is 68.4 Å². The van der Waals surface area contributed by atoms with E-state index in [-0.39, 0.29) is 17.5 Å². The first-order valence-electron chi connectivity index (χ1n) is 8.81. The minimum atomic E-state index is -1.29. The van der Waals surface area contributed by atoms with Gasteiger partial charge in [-0.3, -0.25) is 9.36 Å². The number of carboxylic acid groups (broad SMARTS) is 1. The van der Waals surface area contributed by atoms with E-state index in [0.717, 1.165) is 4.57 Å². The maximum absolute atomic E-state index is 12.9. The number of hydrogen-bond acceptors (Lipinski definition) is 6. The van der Waals surface area contributed by atoms with Crippen molar-refractivity contribution in [3.8, 4) is 11.5 Å². The summed E-state index contributed by atoms with van der Waals surface area (Å²) in [7, 11) is 0. The molecule has 0 fully saturated rings. The average Bonchev–Trinajstić information content (AvgIpc) is 2.67. The van der Waals surface area contributed by atoms with Crippen molar-refractivity contribution in [2.45, 2.75) is 20.4 Å². The number of aromatic carboxylic acids is 1. The lowest BCUT2D eigenvalue weighted by molar-refractivity contribution is -0.255. The second kappa shape index (κ2) is 7.99. The smallest absolute Gasteiger partial charge is 0.329 e. The Hall–Kier alpha value is -3.55. The molecule has 0 amide bonds. The summed E-state index contributed by atoms with van der Waals surface area (Å²) in [6.45, 7) is 4.45. The van der Waals surface area contributed by atoms with Crippen molar-refractivity contribution >= 4 is 16.9 Å². The molecule has 0 unspecified atom stereocenters. The van der Waals surface area contributed by atoms with Crippen molar-refractivity contribution in [1.82, 2.24) is 9.55 Å². The average molecular weight is 383 g/mol. The van der Waals surface area contributed by atoms with Gasteiger partial charge >= 0.3 is 5.69 Å². The number of aromatic amines is 1. The molecule has 2 aromatic carbocycles. The zero-order valence-electron chi connectivity index (χ0n) is 15.5. The van der Waals surface area contributed by atoms with Crippen LogP contribution in [0.5, 0.6) is 11.5 Å². The lowest BCUT2D eigenvalue weighted by Crippen LogP contribution is -2.35. The molecule has 1 heterocycles. The molecule has 0 atom stereocenters. The van der Waals surface area contributed by atoms with Crippen LogP contribution < -0.4 is 25.8 Å². The van der Waals surface area contributed by atoms with E-state index in [1.807, 2.05) is 13.8 Å². The van der Waals surface area contributed by atoms with Gasteiger partial charge in [-0.05, 0) is 31.0 Å². The van der Waals surface area contributed by atoms with Gasteiger partial charge in [-0.2, -0.15) is 0 Å². The Morgan fingerprint density at radius 1 is 1.04 bits per heavy atom. The van der Waals surface area contributed by atoms with Crippen LogP contribution in [-0.2, 0) is 6.54 Å². The van der Waals surface area contributed by atoms with E-state index in [9.17, 15) is 19.5 Å². The highest BCUT2D eigenvalue weighted by Gasteiger charge is 2.14. The molecule has 1 aromatic heterocycles. The van der Waals surface area contributed by atoms with Crippen LogP contribution in [0.2, 0.25) is 0 Å². The number of carbonyl (C=O) groups is 1. The molecule has 0 bridgehead atoms. The van der Waals surface area contributed by atoms with Gasteiger partial charge in [-0.15, -0.1) is 0 Å².